The molecule has 2 aromatic rings. The number of pyridine rings is 2. The maximum absolute atomic E-state index is 13.9. The third kappa shape index (κ3) is 6.87. The number of aromatic nitrogens is 2. The molecular weight excluding hydrogens is 401 g/mol. The number of hydrogen-bond donors (Lipinski definition) is 2. The third-order valence-corrected chi connectivity index (χ3v) is 3.99. The summed E-state index contributed by atoms with van der Waals surface area (Å²) in [5.74, 6) is 0.0388. The van der Waals surface area contributed by atoms with Crippen LogP contribution < -0.4 is 15.8 Å². The lowest BCUT2D eigenvalue weighted by molar-refractivity contribution is 0.116. The molecule has 0 aliphatic rings. The number of ether oxygens (including phenoxy) is 2. The van der Waals surface area contributed by atoms with E-state index in [0.29, 0.717) is 5.56 Å². The number of nitrogens with one attached hydrogen (secondary N) is 1. The van der Waals surface area contributed by atoms with Gasteiger partial charge in [0.2, 0.25) is 0 Å². The first-order chi connectivity index (χ1) is 13.9. The van der Waals surface area contributed by atoms with E-state index in [9.17, 15) is 18.0 Å². The maximum Gasteiger partial charge on any atom is 0.412 e. The molecule has 0 saturated heterocycles. The fourth-order valence-electron chi connectivity index (χ4n) is 2.98. The molecule has 0 aromatic carbocycles. The molecule has 1 amide bonds. The van der Waals surface area contributed by atoms with Gasteiger partial charge in [0.05, 0.1) is 30.1 Å². The summed E-state index contributed by atoms with van der Waals surface area (Å²) in [6.45, 7) is 4.20. The summed E-state index contributed by atoms with van der Waals surface area (Å²) >= 11 is 0. The Morgan fingerprint density at radius 2 is 1.97 bits per heavy atom. The molecule has 0 aliphatic heterocycles. The molecule has 0 spiro atoms. The van der Waals surface area contributed by atoms with Crippen molar-refractivity contribution < 1.29 is 27.4 Å². The van der Waals surface area contributed by atoms with Crippen molar-refractivity contribution in [1.82, 2.24) is 9.97 Å². The molecule has 0 aliphatic carbocycles. The van der Waals surface area contributed by atoms with E-state index >= 15 is 0 Å². The molecule has 2 heterocycles. The Balaban J connectivity index is 2.25. The molecule has 1 atom stereocenters. The van der Waals surface area contributed by atoms with Crippen LogP contribution in [-0.4, -0.2) is 41.0 Å². The molecule has 0 radical (unpaired) electrons. The van der Waals surface area contributed by atoms with Crippen molar-refractivity contribution in [3.63, 3.8) is 0 Å². The van der Waals surface area contributed by atoms with Crippen LogP contribution in [0.1, 0.15) is 39.2 Å². The van der Waals surface area contributed by atoms with Crippen molar-refractivity contribution in [2.24, 2.45) is 5.73 Å². The molecule has 3 N–H and O–H groups in total. The highest BCUT2D eigenvalue weighted by atomic mass is 19.3. The first-order valence-electron chi connectivity index (χ1n) is 9.10. The van der Waals surface area contributed by atoms with Crippen molar-refractivity contribution in [2.75, 3.05) is 19.0 Å². The first-order valence-corrected chi connectivity index (χ1v) is 9.10. The highest BCUT2D eigenvalue weighted by molar-refractivity contribution is 5.84. The minimum absolute atomic E-state index is 0.0114. The summed E-state index contributed by atoms with van der Waals surface area (Å²) < 4.78 is 51.1. The quantitative estimate of drug-likeness (QED) is 0.645. The average Bonchev–Trinajstić information content (AvgIpc) is 2.64. The van der Waals surface area contributed by atoms with E-state index in [4.69, 9.17) is 10.5 Å². The molecule has 10 heteroatoms. The predicted octanol–water partition coefficient (Wildman–Crippen LogP) is 4.49. The fraction of sp³-hybridized carbons (Fsp3) is 0.450. The highest BCUT2D eigenvalue weighted by Gasteiger charge is 2.30. The van der Waals surface area contributed by atoms with Crippen molar-refractivity contribution in [3.8, 4) is 17.0 Å². The number of rotatable bonds is 8. The van der Waals surface area contributed by atoms with Crippen LogP contribution in [0.2, 0.25) is 0 Å². The van der Waals surface area contributed by atoms with E-state index in [0.717, 1.165) is 0 Å². The van der Waals surface area contributed by atoms with Gasteiger partial charge < -0.3 is 15.2 Å². The van der Waals surface area contributed by atoms with Gasteiger partial charge in [0, 0.05) is 18.2 Å². The van der Waals surface area contributed by atoms with Gasteiger partial charge in [-0.15, -0.1) is 0 Å². The summed E-state index contributed by atoms with van der Waals surface area (Å²) in [6, 6.07) is 4.21. The largest absolute Gasteiger partial charge is 0.490 e. The van der Waals surface area contributed by atoms with Gasteiger partial charge in [-0.05, 0) is 39.0 Å². The Morgan fingerprint density at radius 1 is 1.27 bits per heavy atom. The Kier molecular flexibility index (Phi) is 7.25. The van der Waals surface area contributed by atoms with Gasteiger partial charge in [-0.25, -0.2) is 22.9 Å². The van der Waals surface area contributed by atoms with E-state index in [1.54, 1.807) is 13.0 Å². The molecule has 2 rings (SSSR count). The number of carbonyl (C=O) groups excluding carboxylic acids is 1. The molecule has 164 valence electrons. The Morgan fingerprint density at radius 3 is 2.57 bits per heavy atom. The van der Waals surface area contributed by atoms with Crippen molar-refractivity contribution in [3.05, 3.63) is 36.2 Å². The maximum atomic E-state index is 13.9. The number of amides is 1. The van der Waals surface area contributed by atoms with Gasteiger partial charge in [-0.3, -0.25) is 10.3 Å². The van der Waals surface area contributed by atoms with Crippen LogP contribution in [0.5, 0.6) is 5.75 Å². The molecular formula is C20H25F3N4O3. The van der Waals surface area contributed by atoms with Crippen molar-refractivity contribution in [2.45, 2.75) is 44.8 Å². The van der Waals surface area contributed by atoms with Crippen LogP contribution in [-0.2, 0) is 4.74 Å². The second-order valence-corrected chi connectivity index (χ2v) is 7.79. The van der Waals surface area contributed by atoms with Crippen LogP contribution >= 0.6 is 0 Å². The minimum Gasteiger partial charge on any atom is -0.490 e. The van der Waals surface area contributed by atoms with Crippen LogP contribution in [0.25, 0.3) is 11.3 Å². The number of nitrogens with zero attached hydrogens (tertiary/aromatic N) is 2. The second-order valence-electron chi connectivity index (χ2n) is 7.79. The van der Waals surface area contributed by atoms with Crippen LogP contribution in [0.3, 0.4) is 0 Å². The topological polar surface area (TPSA) is 99.4 Å². The number of alkyl halides is 3. The van der Waals surface area contributed by atoms with Crippen LogP contribution in [0.15, 0.2) is 30.6 Å². The molecule has 7 nitrogen and oxygen atoms in total. The van der Waals surface area contributed by atoms with E-state index in [-0.39, 0.29) is 35.9 Å². The summed E-state index contributed by atoms with van der Waals surface area (Å²) in [5.41, 5.74) is 3.75. The van der Waals surface area contributed by atoms with Gasteiger partial charge in [-0.1, -0.05) is 0 Å². The number of anilines is 1. The van der Waals surface area contributed by atoms with Crippen LogP contribution in [0, 0.1) is 0 Å². The molecule has 30 heavy (non-hydrogen) atoms. The predicted molar refractivity (Wildman–Crippen MR) is 106 cm³/mol. The Bertz CT molecular complexity index is 886. The summed E-state index contributed by atoms with van der Waals surface area (Å²) in [7, 11) is 1.20. The normalized spacial score (nSPS) is 13.6. The molecule has 0 bridgehead atoms. The van der Waals surface area contributed by atoms with Gasteiger partial charge in [-0.2, -0.15) is 0 Å². The molecule has 0 fully saturated rings. The molecule has 1 unspecified atom stereocenters. The van der Waals surface area contributed by atoms with E-state index in [1.807, 2.05) is 0 Å². The zero-order valence-corrected chi connectivity index (χ0v) is 17.2. The van der Waals surface area contributed by atoms with Crippen molar-refractivity contribution in [1.29, 1.82) is 0 Å². The number of methoxy groups -OCH3 is 1. The van der Waals surface area contributed by atoms with E-state index in [2.05, 4.69) is 20.0 Å². The summed E-state index contributed by atoms with van der Waals surface area (Å²) in [4.78, 5) is 19.4. The number of carbonyl (C=O) groups is 1. The van der Waals surface area contributed by atoms with E-state index < -0.39 is 23.7 Å². The summed E-state index contributed by atoms with van der Waals surface area (Å²) in [5, 5.41) is 2.39. The third-order valence-electron chi connectivity index (χ3n) is 3.99. The first kappa shape index (κ1) is 23.4. The lowest BCUT2D eigenvalue weighted by Gasteiger charge is -2.30. The fourth-order valence-corrected chi connectivity index (χ4v) is 2.98. The number of hydrogen-bond acceptors (Lipinski definition) is 6. The Hall–Kier alpha value is -2.88. The lowest BCUT2D eigenvalue weighted by Crippen LogP contribution is -2.46. The van der Waals surface area contributed by atoms with Crippen molar-refractivity contribution >= 4 is 11.9 Å². The lowest BCUT2D eigenvalue weighted by atomic mass is 9.91. The molecule has 0 saturated carbocycles. The standard InChI is InChI=1S/C20H25F3N4O3/c1-19(2,23)10-20(3,24)11-30-15-9-26-14(8-13(15)17(21)22)12-5-6-25-16(7-12)27-18(28)29-4/h5-9,17H,10-11,24H2,1-4H3,(H,25,27,28). The van der Waals surface area contributed by atoms with Gasteiger partial charge in [0.15, 0.2) is 0 Å². The van der Waals surface area contributed by atoms with Crippen LogP contribution in [0.4, 0.5) is 23.8 Å². The minimum atomic E-state index is -2.84. The Labute approximate surface area is 172 Å². The van der Waals surface area contributed by atoms with Gasteiger partial charge in [0.1, 0.15) is 23.8 Å². The van der Waals surface area contributed by atoms with Gasteiger partial charge in [0.25, 0.3) is 6.43 Å². The van der Waals surface area contributed by atoms with E-state index in [1.165, 1.54) is 45.5 Å². The second kappa shape index (κ2) is 9.29. The SMILES string of the molecule is COC(=O)Nc1cc(-c2cc(C(F)F)c(OCC(C)(N)CC(C)(C)F)cn2)ccn1. The zero-order chi connectivity index (χ0) is 22.5. The monoisotopic (exact) mass is 426 g/mol. The summed E-state index contributed by atoms with van der Waals surface area (Å²) in [6.07, 6.45) is -0.999. The molecule has 2 aromatic heterocycles. The average molecular weight is 426 g/mol. The van der Waals surface area contributed by atoms with Gasteiger partial charge >= 0.3 is 6.09 Å². The number of halogens is 3. The highest BCUT2D eigenvalue weighted by Crippen LogP contribution is 2.33. The zero-order valence-electron chi connectivity index (χ0n) is 17.2. The smallest absolute Gasteiger partial charge is 0.412 e. The number of nitrogens with two attached hydrogens (primary N) is 1.